The molecule has 1 heterocycles. The van der Waals surface area contributed by atoms with E-state index in [0.717, 1.165) is 12.5 Å². The Morgan fingerprint density at radius 2 is 2.00 bits per heavy atom. The van der Waals surface area contributed by atoms with Crippen LogP contribution in [0.1, 0.15) is 52.6 Å². The highest BCUT2D eigenvalue weighted by atomic mass is 15.3. The quantitative estimate of drug-likeness (QED) is 0.803. The average molecular weight is 223 g/mol. The van der Waals surface area contributed by atoms with Crippen molar-refractivity contribution in [2.24, 2.45) is 5.92 Å². The second kappa shape index (κ2) is 6.04. The lowest BCUT2D eigenvalue weighted by Gasteiger charge is -2.19. The Kier molecular flexibility index (Phi) is 5.00. The standard InChI is InChI=1S/C13H25N3/c1-6-11(4)12(5)14-7-13-8-15-16(9-13)10(2)3/h8-12,14H,6-7H2,1-5H3. The van der Waals surface area contributed by atoms with Gasteiger partial charge >= 0.3 is 0 Å². The van der Waals surface area contributed by atoms with Crippen LogP contribution < -0.4 is 5.32 Å². The zero-order chi connectivity index (χ0) is 12.1. The predicted octanol–water partition coefficient (Wildman–Crippen LogP) is 2.99. The van der Waals surface area contributed by atoms with E-state index in [1.165, 1.54) is 12.0 Å². The summed E-state index contributed by atoms with van der Waals surface area (Å²) >= 11 is 0. The zero-order valence-corrected chi connectivity index (χ0v) is 11.2. The molecule has 0 aliphatic heterocycles. The summed E-state index contributed by atoms with van der Waals surface area (Å²) in [6, 6.07) is 1.01. The van der Waals surface area contributed by atoms with Gasteiger partial charge in [-0.05, 0) is 26.7 Å². The second-order valence-corrected chi connectivity index (χ2v) is 4.98. The van der Waals surface area contributed by atoms with Gasteiger partial charge in [-0.3, -0.25) is 4.68 Å². The molecule has 1 N–H and O–H groups in total. The van der Waals surface area contributed by atoms with Crippen LogP contribution in [0, 0.1) is 5.92 Å². The molecule has 0 aromatic carbocycles. The van der Waals surface area contributed by atoms with Crippen LogP contribution in [0.15, 0.2) is 12.4 Å². The maximum atomic E-state index is 4.34. The molecule has 0 fully saturated rings. The summed E-state index contributed by atoms with van der Waals surface area (Å²) in [5, 5.41) is 7.88. The van der Waals surface area contributed by atoms with Crippen LogP contribution in [0.25, 0.3) is 0 Å². The molecule has 2 unspecified atom stereocenters. The van der Waals surface area contributed by atoms with Crippen LogP contribution in [0.4, 0.5) is 0 Å². The van der Waals surface area contributed by atoms with Crippen molar-refractivity contribution in [1.82, 2.24) is 15.1 Å². The molecule has 0 spiro atoms. The Balaban J connectivity index is 2.42. The summed E-state index contributed by atoms with van der Waals surface area (Å²) in [5.41, 5.74) is 1.27. The van der Waals surface area contributed by atoms with Crippen LogP contribution in [0.2, 0.25) is 0 Å². The number of hydrogen-bond acceptors (Lipinski definition) is 2. The summed E-state index contributed by atoms with van der Waals surface area (Å²) < 4.78 is 2.00. The summed E-state index contributed by atoms with van der Waals surface area (Å²) in [6.07, 6.45) is 5.30. The van der Waals surface area contributed by atoms with Gasteiger partial charge in [0.25, 0.3) is 0 Å². The van der Waals surface area contributed by atoms with Gasteiger partial charge in [0.1, 0.15) is 0 Å². The summed E-state index contributed by atoms with van der Waals surface area (Å²) in [6.45, 7) is 12.0. The molecule has 0 aliphatic rings. The van der Waals surface area contributed by atoms with E-state index in [4.69, 9.17) is 0 Å². The lowest BCUT2D eigenvalue weighted by atomic mass is 10.0. The monoisotopic (exact) mass is 223 g/mol. The van der Waals surface area contributed by atoms with E-state index in [9.17, 15) is 0 Å². The highest BCUT2D eigenvalue weighted by Gasteiger charge is 2.09. The molecule has 3 heteroatoms. The maximum absolute atomic E-state index is 4.34. The SMILES string of the molecule is CCC(C)C(C)NCc1cnn(C(C)C)c1. The highest BCUT2D eigenvalue weighted by molar-refractivity contribution is 5.04. The van der Waals surface area contributed by atoms with Crippen molar-refractivity contribution in [2.75, 3.05) is 0 Å². The molecular formula is C13H25N3. The first-order valence-electron chi connectivity index (χ1n) is 6.31. The topological polar surface area (TPSA) is 29.9 Å². The molecule has 0 amide bonds. The Morgan fingerprint density at radius 3 is 2.50 bits per heavy atom. The summed E-state index contributed by atoms with van der Waals surface area (Å²) in [4.78, 5) is 0. The minimum Gasteiger partial charge on any atom is -0.310 e. The molecule has 0 aliphatic carbocycles. The van der Waals surface area contributed by atoms with Crippen LogP contribution in [0.3, 0.4) is 0 Å². The van der Waals surface area contributed by atoms with Gasteiger partial charge in [-0.25, -0.2) is 0 Å². The molecular weight excluding hydrogens is 198 g/mol. The van der Waals surface area contributed by atoms with Gasteiger partial charge in [0.2, 0.25) is 0 Å². The number of nitrogens with zero attached hydrogens (tertiary/aromatic N) is 2. The lowest BCUT2D eigenvalue weighted by Crippen LogP contribution is -2.31. The van der Waals surface area contributed by atoms with Crippen LogP contribution in [-0.2, 0) is 6.54 Å². The van der Waals surface area contributed by atoms with E-state index in [-0.39, 0.29) is 0 Å². The third-order valence-corrected chi connectivity index (χ3v) is 3.31. The van der Waals surface area contributed by atoms with Crippen LogP contribution in [-0.4, -0.2) is 15.8 Å². The second-order valence-electron chi connectivity index (χ2n) is 4.98. The number of aromatic nitrogens is 2. The fraction of sp³-hybridized carbons (Fsp3) is 0.769. The van der Waals surface area contributed by atoms with Gasteiger partial charge in [0.05, 0.1) is 6.20 Å². The fourth-order valence-electron chi connectivity index (χ4n) is 1.58. The number of nitrogens with one attached hydrogen (secondary N) is 1. The van der Waals surface area contributed by atoms with Crippen molar-refractivity contribution in [3.05, 3.63) is 18.0 Å². The summed E-state index contributed by atoms with van der Waals surface area (Å²) in [7, 11) is 0. The first-order chi connectivity index (χ1) is 7.54. The van der Waals surface area contributed by atoms with E-state index < -0.39 is 0 Å². The minimum atomic E-state index is 0.445. The molecule has 0 saturated carbocycles. The van der Waals surface area contributed by atoms with E-state index in [0.29, 0.717) is 12.1 Å². The number of rotatable bonds is 6. The van der Waals surface area contributed by atoms with Gasteiger partial charge < -0.3 is 5.32 Å². The van der Waals surface area contributed by atoms with E-state index >= 15 is 0 Å². The van der Waals surface area contributed by atoms with Gasteiger partial charge in [-0.1, -0.05) is 20.3 Å². The van der Waals surface area contributed by atoms with Crippen molar-refractivity contribution in [1.29, 1.82) is 0 Å². The normalized spacial score (nSPS) is 15.4. The molecule has 3 nitrogen and oxygen atoms in total. The lowest BCUT2D eigenvalue weighted by molar-refractivity contribution is 0.389. The third-order valence-electron chi connectivity index (χ3n) is 3.31. The fourth-order valence-corrected chi connectivity index (χ4v) is 1.58. The minimum absolute atomic E-state index is 0.445. The first-order valence-corrected chi connectivity index (χ1v) is 6.31. The Labute approximate surface area is 99.2 Å². The molecule has 0 radical (unpaired) electrons. The van der Waals surface area contributed by atoms with Gasteiger partial charge in [0.15, 0.2) is 0 Å². The van der Waals surface area contributed by atoms with Crippen molar-refractivity contribution in [3.63, 3.8) is 0 Å². The molecule has 92 valence electrons. The zero-order valence-electron chi connectivity index (χ0n) is 11.2. The molecule has 1 rings (SSSR count). The smallest absolute Gasteiger partial charge is 0.0534 e. The highest BCUT2D eigenvalue weighted by Crippen LogP contribution is 2.09. The van der Waals surface area contributed by atoms with Crippen molar-refractivity contribution >= 4 is 0 Å². The average Bonchev–Trinajstić information content (AvgIpc) is 2.73. The molecule has 1 aromatic rings. The van der Waals surface area contributed by atoms with E-state index in [2.05, 4.69) is 51.2 Å². The predicted molar refractivity (Wildman–Crippen MR) is 68.4 cm³/mol. The molecule has 1 aromatic heterocycles. The molecule has 2 atom stereocenters. The maximum Gasteiger partial charge on any atom is 0.0534 e. The molecule has 16 heavy (non-hydrogen) atoms. The third kappa shape index (κ3) is 3.63. The number of hydrogen-bond donors (Lipinski definition) is 1. The van der Waals surface area contributed by atoms with E-state index in [1.807, 2.05) is 10.9 Å². The van der Waals surface area contributed by atoms with E-state index in [1.54, 1.807) is 0 Å². The molecule has 0 bridgehead atoms. The summed E-state index contributed by atoms with van der Waals surface area (Å²) in [5.74, 6) is 0.722. The van der Waals surface area contributed by atoms with Crippen molar-refractivity contribution in [3.8, 4) is 0 Å². The van der Waals surface area contributed by atoms with Crippen molar-refractivity contribution in [2.45, 2.75) is 59.7 Å². The Hall–Kier alpha value is -0.830. The van der Waals surface area contributed by atoms with Crippen LogP contribution in [0.5, 0.6) is 0 Å². The first kappa shape index (κ1) is 13.2. The van der Waals surface area contributed by atoms with Crippen molar-refractivity contribution < 1.29 is 0 Å². The van der Waals surface area contributed by atoms with Gasteiger partial charge in [0, 0.05) is 30.4 Å². The largest absolute Gasteiger partial charge is 0.310 e. The van der Waals surface area contributed by atoms with Gasteiger partial charge in [-0.2, -0.15) is 5.10 Å². The molecule has 0 saturated heterocycles. The van der Waals surface area contributed by atoms with Gasteiger partial charge in [-0.15, -0.1) is 0 Å². The van der Waals surface area contributed by atoms with Crippen LogP contribution >= 0.6 is 0 Å². The Morgan fingerprint density at radius 1 is 1.31 bits per heavy atom. The Bertz CT molecular complexity index is 304.